The highest BCUT2D eigenvalue weighted by atomic mass is 35.5. The Morgan fingerprint density at radius 3 is 2.68 bits per heavy atom. The summed E-state index contributed by atoms with van der Waals surface area (Å²) in [6.45, 7) is 7.69. The number of likely N-dealkylation sites (tertiary alicyclic amines) is 1. The zero-order valence-corrected chi connectivity index (χ0v) is 12.5. The van der Waals surface area contributed by atoms with E-state index in [1.807, 2.05) is 25.1 Å². The first-order valence-electron chi connectivity index (χ1n) is 6.99. The van der Waals surface area contributed by atoms with E-state index >= 15 is 0 Å². The van der Waals surface area contributed by atoms with Gasteiger partial charge in [-0.05, 0) is 37.6 Å². The van der Waals surface area contributed by atoms with Gasteiger partial charge in [0.25, 0.3) is 0 Å². The Labute approximate surface area is 120 Å². The van der Waals surface area contributed by atoms with Gasteiger partial charge < -0.3 is 4.90 Å². The molecule has 0 radical (unpaired) electrons. The molecule has 1 aliphatic rings. The molecule has 0 bridgehead atoms. The van der Waals surface area contributed by atoms with E-state index in [4.69, 9.17) is 11.6 Å². The highest BCUT2D eigenvalue weighted by molar-refractivity contribution is 6.31. The van der Waals surface area contributed by atoms with Crippen molar-refractivity contribution in [2.45, 2.75) is 33.1 Å². The minimum absolute atomic E-state index is 0.781. The van der Waals surface area contributed by atoms with Gasteiger partial charge in [0.2, 0.25) is 0 Å². The lowest BCUT2D eigenvalue weighted by molar-refractivity contribution is 0.275. The van der Waals surface area contributed by atoms with Crippen molar-refractivity contribution in [1.82, 2.24) is 4.90 Å². The van der Waals surface area contributed by atoms with E-state index in [1.165, 1.54) is 18.7 Å². The van der Waals surface area contributed by atoms with Crippen LogP contribution in [0.4, 0.5) is 5.69 Å². The Hall–Kier alpha value is -1.06. The van der Waals surface area contributed by atoms with Crippen molar-refractivity contribution >= 4 is 23.0 Å². The first kappa shape index (κ1) is 14.4. The molecule has 1 fully saturated rings. The van der Waals surface area contributed by atoms with Gasteiger partial charge >= 0.3 is 0 Å². The van der Waals surface area contributed by atoms with Crippen LogP contribution >= 0.6 is 11.6 Å². The van der Waals surface area contributed by atoms with Crippen LogP contribution in [0.1, 0.15) is 31.7 Å². The monoisotopic (exact) mass is 279 g/mol. The summed E-state index contributed by atoms with van der Waals surface area (Å²) in [7, 11) is 0. The summed E-state index contributed by atoms with van der Waals surface area (Å²) < 4.78 is 0. The molecule has 19 heavy (non-hydrogen) atoms. The molecule has 0 atom stereocenters. The lowest BCUT2D eigenvalue weighted by atomic mass is 10.1. The number of hydrazone groups is 1. The van der Waals surface area contributed by atoms with E-state index in [-0.39, 0.29) is 0 Å². The van der Waals surface area contributed by atoms with E-state index in [2.05, 4.69) is 22.4 Å². The third-order valence-electron chi connectivity index (χ3n) is 3.49. The molecular weight excluding hydrogens is 258 g/mol. The summed E-state index contributed by atoms with van der Waals surface area (Å²) >= 11 is 6.09. The Morgan fingerprint density at radius 1 is 1.32 bits per heavy atom. The minimum atomic E-state index is 0.781. The fraction of sp³-hybridized carbons (Fsp3) is 0.533. The Balaban J connectivity index is 1.87. The molecule has 3 nitrogen and oxygen atoms in total. The van der Waals surface area contributed by atoms with Crippen LogP contribution in [-0.2, 0) is 0 Å². The number of anilines is 1. The molecule has 0 aromatic heterocycles. The van der Waals surface area contributed by atoms with Crippen LogP contribution in [-0.4, -0.2) is 30.2 Å². The fourth-order valence-corrected chi connectivity index (χ4v) is 2.45. The minimum Gasteiger partial charge on any atom is -0.303 e. The van der Waals surface area contributed by atoms with Crippen LogP contribution < -0.4 is 5.43 Å². The molecular formula is C15H22ClN3. The Bertz CT molecular complexity index is 447. The molecule has 4 heteroatoms. The topological polar surface area (TPSA) is 27.6 Å². The summed E-state index contributed by atoms with van der Waals surface area (Å²) in [4.78, 5) is 2.50. The van der Waals surface area contributed by atoms with Gasteiger partial charge in [0.05, 0.1) is 5.69 Å². The van der Waals surface area contributed by atoms with Crippen molar-refractivity contribution in [2.75, 3.05) is 25.1 Å². The third kappa shape index (κ3) is 4.22. The first-order valence-corrected chi connectivity index (χ1v) is 7.37. The quantitative estimate of drug-likeness (QED) is 0.846. The van der Waals surface area contributed by atoms with E-state index in [1.54, 1.807) is 0 Å². The highest BCUT2D eigenvalue weighted by Crippen LogP contribution is 2.20. The van der Waals surface area contributed by atoms with E-state index in [0.717, 1.165) is 42.2 Å². The van der Waals surface area contributed by atoms with E-state index < -0.39 is 0 Å². The van der Waals surface area contributed by atoms with Crippen LogP contribution in [0.3, 0.4) is 0 Å². The van der Waals surface area contributed by atoms with Crippen molar-refractivity contribution in [3.8, 4) is 0 Å². The van der Waals surface area contributed by atoms with Crippen molar-refractivity contribution < 1.29 is 0 Å². The number of aryl methyl sites for hydroxylation is 1. The standard InChI is InChI=1S/C15H22ClN3/c1-3-8-19-9-6-13(7-10-19)17-18-14-5-4-12(2)15(16)11-14/h4-5,11,18H,3,6-10H2,1-2H3. The predicted molar refractivity (Wildman–Crippen MR) is 83.2 cm³/mol. The second-order valence-corrected chi connectivity index (χ2v) is 5.50. The zero-order chi connectivity index (χ0) is 13.7. The number of hydrogen-bond donors (Lipinski definition) is 1. The van der Waals surface area contributed by atoms with E-state index in [9.17, 15) is 0 Å². The number of benzene rings is 1. The molecule has 0 spiro atoms. The SMILES string of the molecule is CCCN1CCC(=NNc2ccc(C)c(Cl)c2)CC1. The second kappa shape index (κ2) is 6.92. The highest BCUT2D eigenvalue weighted by Gasteiger charge is 2.13. The number of rotatable bonds is 4. The smallest absolute Gasteiger partial charge is 0.0576 e. The summed E-state index contributed by atoms with van der Waals surface area (Å²) in [6, 6.07) is 5.94. The van der Waals surface area contributed by atoms with Gasteiger partial charge in [-0.1, -0.05) is 24.6 Å². The number of hydrogen-bond acceptors (Lipinski definition) is 3. The summed E-state index contributed by atoms with van der Waals surface area (Å²) in [5.41, 5.74) is 6.42. The van der Waals surface area contributed by atoms with Gasteiger partial charge in [0, 0.05) is 36.7 Å². The van der Waals surface area contributed by atoms with Crippen molar-refractivity contribution in [2.24, 2.45) is 5.10 Å². The van der Waals surface area contributed by atoms with Crippen molar-refractivity contribution in [1.29, 1.82) is 0 Å². The first-order chi connectivity index (χ1) is 9.19. The molecule has 0 unspecified atom stereocenters. The van der Waals surface area contributed by atoms with Crippen LogP contribution in [0.5, 0.6) is 0 Å². The van der Waals surface area contributed by atoms with Gasteiger partial charge in [0.1, 0.15) is 0 Å². The maximum Gasteiger partial charge on any atom is 0.0576 e. The number of nitrogens with one attached hydrogen (secondary N) is 1. The van der Waals surface area contributed by atoms with Crippen molar-refractivity contribution in [3.63, 3.8) is 0 Å². The average Bonchev–Trinajstić information content (AvgIpc) is 2.42. The average molecular weight is 280 g/mol. The molecule has 1 saturated heterocycles. The summed E-state index contributed by atoms with van der Waals surface area (Å²) in [5, 5.41) is 5.28. The van der Waals surface area contributed by atoms with Crippen molar-refractivity contribution in [3.05, 3.63) is 28.8 Å². The van der Waals surface area contributed by atoms with Gasteiger partial charge in [-0.3, -0.25) is 5.43 Å². The van der Waals surface area contributed by atoms with Gasteiger partial charge in [-0.2, -0.15) is 5.10 Å². The van der Waals surface area contributed by atoms with Crippen LogP contribution in [0.15, 0.2) is 23.3 Å². The Kier molecular flexibility index (Phi) is 5.23. The van der Waals surface area contributed by atoms with Crippen LogP contribution in [0.25, 0.3) is 0 Å². The molecule has 104 valence electrons. The summed E-state index contributed by atoms with van der Waals surface area (Å²) in [6.07, 6.45) is 3.35. The predicted octanol–water partition coefficient (Wildman–Crippen LogP) is 3.92. The van der Waals surface area contributed by atoms with Crippen LogP contribution in [0, 0.1) is 6.92 Å². The maximum atomic E-state index is 6.09. The number of nitrogens with zero attached hydrogens (tertiary/aromatic N) is 2. The number of piperidine rings is 1. The molecule has 1 heterocycles. The maximum absolute atomic E-state index is 6.09. The largest absolute Gasteiger partial charge is 0.303 e. The zero-order valence-electron chi connectivity index (χ0n) is 11.7. The van der Waals surface area contributed by atoms with Gasteiger partial charge in [-0.25, -0.2) is 0 Å². The molecule has 1 aliphatic heterocycles. The molecule has 2 rings (SSSR count). The fourth-order valence-electron chi connectivity index (χ4n) is 2.27. The number of halogens is 1. The lowest BCUT2D eigenvalue weighted by Crippen LogP contribution is -2.34. The molecule has 0 saturated carbocycles. The van der Waals surface area contributed by atoms with E-state index in [0.29, 0.717) is 0 Å². The van der Waals surface area contributed by atoms with Gasteiger partial charge in [0.15, 0.2) is 0 Å². The molecule has 0 aliphatic carbocycles. The molecule has 1 aromatic rings. The van der Waals surface area contributed by atoms with Crippen LogP contribution in [0.2, 0.25) is 5.02 Å². The molecule has 1 N–H and O–H groups in total. The normalized spacial score (nSPS) is 16.5. The third-order valence-corrected chi connectivity index (χ3v) is 3.90. The van der Waals surface area contributed by atoms with Gasteiger partial charge in [-0.15, -0.1) is 0 Å². The summed E-state index contributed by atoms with van der Waals surface area (Å²) in [5.74, 6) is 0. The Morgan fingerprint density at radius 2 is 2.05 bits per heavy atom. The molecule has 1 aromatic carbocycles. The second-order valence-electron chi connectivity index (χ2n) is 5.10. The lowest BCUT2D eigenvalue weighted by Gasteiger charge is -2.26. The molecule has 0 amide bonds.